The number of fused-ring (bicyclic) bond motifs is 12. The topological polar surface area (TPSA) is 6.48 Å². The Morgan fingerprint density at radius 1 is 0.211 bits per heavy atom. The first kappa shape index (κ1) is 33.0. The summed E-state index contributed by atoms with van der Waals surface area (Å²) in [5, 5.41) is 0. The molecule has 0 radical (unpaired) electrons. The quantitative estimate of drug-likeness (QED) is 0.168. The molecule has 11 rings (SSSR count). The minimum absolute atomic E-state index is 0.616. The molecule has 0 saturated carbocycles. The van der Waals surface area contributed by atoms with Crippen LogP contribution in [0.3, 0.4) is 0 Å². The van der Waals surface area contributed by atoms with Crippen LogP contribution in [0.2, 0.25) is 0 Å². The molecule has 2 heteroatoms. The fraction of sp³-hybridized carbons (Fsp3) is 0.0182. The van der Waals surface area contributed by atoms with Gasteiger partial charge in [-0.15, -0.1) is 0 Å². The summed E-state index contributed by atoms with van der Waals surface area (Å²) in [5.41, 5.74) is 18.8. The Morgan fingerprint density at radius 3 is 1.02 bits per heavy atom. The summed E-state index contributed by atoms with van der Waals surface area (Å²) in [7, 11) is 0. The lowest BCUT2D eigenvalue weighted by Gasteiger charge is -2.36. The summed E-state index contributed by atoms with van der Waals surface area (Å²) in [6, 6.07) is 84.4. The Morgan fingerprint density at radius 2 is 0.544 bits per heavy atom. The standard InChI is InChI=1S/C55H38N2/c1-5-19-39(20-6-1)56(40-21-7-2-8-22-40)43-34-36-53-50(37-43)48-30-16-18-32-52(48)55(53)51-31-17-15-29-47(51)45-27-13-14-28-46(45)49-35-33-44(38-54(49)55)57(41-23-9-3-10-24-41)42-25-11-4-12-26-42/h1-38H. The molecule has 0 saturated heterocycles. The maximum absolute atomic E-state index is 2.48. The van der Waals surface area contributed by atoms with Crippen LogP contribution in [-0.2, 0) is 5.41 Å². The maximum atomic E-state index is 2.48. The van der Waals surface area contributed by atoms with Gasteiger partial charge in [-0.3, -0.25) is 0 Å². The number of para-hydroxylation sites is 4. The zero-order chi connectivity index (χ0) is 37.8. The fourth-order valence-corrected chi connectivity index (χ4v) is 9.55. The summed E-state index contributed by atoms with van der Waals surface area (Å²) >= 11 is 0. The van der Waals surface area contributed by atoms with E-state index in [0.29, 0.717) is 0 Å². The van der Waals surface area contributed by atoms with E-state index in [0.717, 1.165) is 34.1 Å². The lowest BCUT2D eigenvalue weighted by Crippen LogP contribution is -2.29. The van der Waals surface area contributed by atoms with E-state index in [4.69, 9.17) is 0 Å². The lowest BCUT2D eigenvalue weighted by molar-refractivity contribution is 0.775. The first-order valence-corrected chi connectivity index (χ1v) is 19.7. The van der Waals surface area contributed by atoms with Crippen molar-refractivity contribution in [2.75, 3.05) is 9.80 Å². The minimum atomic E-state index is -0.616. The third-order valence-electron chi connectivity index (χ3n) is 11.8. The molecule has 9 aromatic carbocycles. The summed E-state index contributed by atoms with van der Waals surface area (Å²) < 4.78 is 0. The van der Waals surface area contributed by atoms with Crippen LogP contribution in [0.4, 0.5) is 34.1 Å². The van der Waals surface area contributed by atoms with Gasteiger partial charge in [0.15, 0.2) is 0 Å². The van der Waals surface area contributed by atoms with Gasteiger partial charge in [-0.2, -0.15) is 0 Å². The molecule has 0 bridgehead atoms. The Balaban J connectivity index is 1.24. The van der Waals surface area contributed by atoms with Crippen LogP contribution in [0, 0.1) is 0 Å². The molecule has 2 aliphatic carbocycles. The highest BCUT2D eigenvalue weighted by molar-refractivity contribution is 5.99. The van der Waals surface area contributed by atoms with E-state index in [2.05, 4.69) is 240 Å². The van der Waals surface area contributed by atoms with Gasteiger partial charge in [-0.1, -0.05) is 158 Å². The van der Waals surface area contributed by atoms with Crippen LogP contribution in [0.25, 0.3) is 33.4 Å². The molecule has 9 aromatic rings. The predicted octanol–water partition coefficient (Wildman–Crippen LogP) is 14.6. The van der Waals surface area contributed by atoms with E-state index in [-0.39, 0.29) is 0 Å². The monoisotopic (exact) mass is 726 g/mol. The molecule has 0 heterocycles. The van der Waals surface area contributed by atoms with E-state index < -0.39 is 5.41 Å². The Labute approximate surface area is 334 Å². The molecule has 1 spiro atoms. The van der Waals surface area contributed by atoms with E-state index in [1.54, 1.807) is 0 Å². The normalized spacial score (nSPS) is 14.4. The molecular weight excluding hydrogens is 689 g/mol. The van der Waals surface area contributed by atoms with Crippen LogP contribution in [-0.4, -0.2) is 0 Å². The molecule has 2 aliphatic rings. The van der Waals surface area contributed by atoms with Crippen molar-refractivity contribution in [3.63, 3.8) is 0 Å². The van der Waals surface area contributed by atoms with Crippen molar-refractivity contribution in [2.24, 2.45) is 0 Å². The number of rotatable bonds is 6. The van der Waals surface area contributed by atoms with Crippen LogP contribution in [0.15, 0.2) is 231 Å². The first-order chi connectivity index (χ1) is 28.3. The molecule has 1 unspecified atom stereocenters. The average molecular weight is 727 g/mol. The Bertz CT molecular complexity index is 2820. The van der Waals surface area contributed by atoms with Gasteiger partial charge in [-0.25, -0.2) is 0 Å². The second kappa shape index (κ2) is 13.4. The molecule has 1 atom stereocenters. The van der Waals surface area contributed by atoms with Crippen LogP contribution < -0.4 is 9.80 Å². The maximum Gasteiger partial charge on any atom is 0.0726 e. The number of nitrogens with zero attached hydrogens (tertiary/aromatic N) is 2. The van der Waals surface area contributed by atoms with Gasteiger partial charge in [0.05, 0.1) is 5.41 Å². The zero-order valence-electron chi connectivity index (χ0n) is 31.3. The zero-order valence-corrected chi connectivity index (χ0v) is 31.3. The molecule has 0 N–H and O–H groups in total. The molecule has 0 aromatic heterocycles. The highest BCUT2D eigenvalue weighted by Gasteiger charge is 2.50. The molecular formula is C55H38N2. The summed E-state index contributed by atoms with van der Waals surface area (Å²) in [5.74, 6) is 0. The van der Waals surface area contributed by atoms with E-state index in [1.807, 2.05) is 0 Å². The van der Waals surface area contributed by atoms with Crippen LogP contribution in [0.5, 0.6) is 0 Å². The molecule has 0 fully saturated rings. The number of benzene rings is 9. The first-order valence-electron chi connectivity index (χ1n) is 19.7. The second-order valence-corrected chi connectivity index (χ2v) is 14.9. The summed E-state index contributed by atoms with van der Waals surface area (Å²) in [6.45, 7) is 0. The molecule has 0 aliphatic heterocycles. The summed E-state index contributed by atoms with van der Waals surface area (Å²) in [4.78, 5) is 4.76. The largest absolute Gasteiger partial charge is 0.310 e. The van der Waals surface area contributed by atoms with Crippen LogP contribution in [0.1, 0.15) is 22.3 Å². The molecule has 57 heavy (non-hydrogen) atoms. The van der Waals surface area contributed by atoms with Crippen molar-refractivity contribution in [3.05, 3.63) is 253 Å². The number of anilines is 6. The Kier molecular flexibility index (Phi) is 7.75. The van der Waals surface area contributed by atoms with Crippen LogP contribution >= 0.6 is 0 Å². The van der Waals surface area contributed by atoms with Crippen molar-refractivity contribution in [3.8, 4) is 33.4 Å². The van der Waals surface area contributed by atoms with E-state index in [9.17, 15) is 0 Å². The van der Waals surface area contributed by atoms with Crippen molar-refractivity contribution < 1.29 is 0 Å². The van der Waals surface area contributed by atoms with Gasteiger partial charge in [0, 0.05) is 34.1 Å². The van der Waals surface area contributed by atoms with Gasteiger partial charge >= 0.3 is 0 Å². The van der Waals surface area contributed by atoms with Crippen molar-refractivity contribution >= 4 is 34.1 Å². The smallest absolute Gasteiger partial charge is 0.0726 e. The van der Waals surface area contributed by atoms with Crippen molar-refractivity contribution in [2.45, 2.75) is 5.41 Å². The van der Waals surface area contributed by atoms with Crippen molar-refractivity contribution in [1.29, 1.82) is 0 Å². The summed E-state index contributed by atoms with van der Waals surface area (Å²) in [6.07, 6.45) is 0. The van der Waals surface area contributed by atoms with Gasteiger partial charge in [0.2, 0.25) is 0 Å². The van der Waals surface area contributed by atoms with Gasteiger partial charge in [-0.05, 0) is 128 Å². The molecule has 2 nitrogen and oxygen atoms in total. The van der Waals surface area contributed by atoms with Gasteiger partial charge in [0.1, 0.15) is 0 Å². The lowest BCUT2D eigenvalue weighted by atomic mass is 9.66. The van der Waals surface area contributed by atoms with Gasteiger partial charge in [0.25, 0.3) is 0 Å². The van der Waals surface area contributed by atoms with Gasteiger partial charge < -0.3 is 9.80 Å². The van der Waals surface area contributed by atoms with E-state index in [1.165, 1.54) is 55.6 Å². The number of hydrogen-bond acceptors (Lipinski definition) is 2. The fourth-order valence-electron chi connectivity index (χ4n) is 9.55. The van der Waals surface area contributed by atoms with E-state index >= 15 is 0 Å². The molecule has 268 valence electrons. The SMILES string of the molecule is c1ccc(N(c2ccccc2)c2ccc3c(c2)-c2ccccc2C32c3ccccc3-c3ccccc3-c3ccc(N(c4ccccc4)c4ccccc4)cc32)cc1. The minimum Gasteiger partial charge on any atom is -0.310 e. The third-order valence-corrected chi connectivity index (χ3v) is 11.8. The predicted molar refractivity (Wildman–Crippen MR) is 238 cm³/mol. The highest BCUT2D eigenvalue weighted by Crippen LogP contribution is 2.62. The average Bonchev–Trinajstić information content (AvgIpc) is 3.52. The third kappa shape index (κ3) is 5.11. The second-order valence-electron chi connectivity index (χ2n) is 14.9. The molecule has 0 amide bonds. The number of hydrogen-bond donors (Lipinski definition) is 0. The van der Waals surface area contributed by atoms with Crippen molar-refractivity contribution in [1.82, 2.24) is 0 Å². The highest BCUT2D eigenvalue weighted by atomic mass is 15.1. The Hall–Kier alpha value is -7.42.